The number of ether oxygens (including phenoxy) is 2. The number of nitrogens with zero attached hydrogens (tertiary/aromatic N) is 2. The summed E-state index contributed by atoms with van der Waals surface area (Å²) < 4.78 is 50.2. The molecule has 3 heterocycles. The highest BCUT2D eigenvalue weighted by atomic mass is 19.4. The van der Waals surface area contributed by atoms with Gasteiger partial charge in [-0.15, -0.1) is 0 Å². The number of rotatable bonds is 3. The zero-order valence-electron chi connectivity index (χ0n) is 15.4. The quantitative estimate of drug-likeness (QED) is 0.773. The number of halogens is 3. The Kier molecular flexibility index (Phi) is 4.10. The molecule has 2 aromatic rings. The van der Waals surface area contributed by atoms with Gasteiger partial charge in [0.2, 0.25) is 0 Å². The van der Waals surface area contributed by atoms with Gasteiger partial charge in [0.05, 0.1) is 6.04 Å². The number of carbonyl (C=O) groups excluding carboxylic acids is 1. The number of pyridine rings is 1. The zero-order valence-corrected chi connectivity index (χ0v) is 15.4. The Morgan fingerprint density at radius 3 is 2.62 bits per heavy atom. The normalized spacial score (nSPS) is 31.1. The Labute approximate surface area is 165 Å². The van der Waals surface area contributed by atoms with Gasteiger partial charge in [-0.1, -0.05) is 30.3 Å². The van der Waals surface area contributed by atoms with E-state index >= 15 is 0 Å². The first-order chi connectivity index (χ1) is 13.9. The van der Waals surface area contributed by atoms with Crippen LogP contribution < -0.4 is 4.74 Å². The van der Waals surface area contributed by atoms with Gasteiger partial charge < -0.3 is 14.4 Å². The molecule has 0 unspecified atom stereocenters. The lowest BCUT2D eigenvalue weighted by Crippen LogP contribution is -2.56. The molecule has 5 nitrogen and oxygen atoms in total. The first-order valence-electron chi connectivity index (χ1n) is 9.61. The predicted molar refractivity (Wildman–Crippen MR) is 95.8 cm³/mol. The molecule has 3 fully saturated rings. The molecule has 2 atom stereocenters. The molecule has 1 saturated carbocycles. The van der Waals surface area contributed by atoms with Gasteiger partial charge >= 0.3 is 6.18 Å². The second kappa shape index (κ2) is 6.45. The van der Waals surface area contributed by atoms with E-state index in [1.807, 2.05) is 35.2 Å². The van der Waals surface area contributed by atoms with Crippen molar-refractivity contribution in [1.82, 2.24) is 9.88 Å². The highest BCUT2D eigenvalue weighted by Crippen LogP contribution is 2.52. The Morgan fingerprint density at radius 2 is 1.90 bits per heavy atom. The Hall–Kier alpha value is -2.61. The van der Waals surface area contributed by atoms with Crippen molar-refractivity contribution in [3.05, 3.63) is 59.9 Å². The molecule has 1 aliphatic carbocycles. The molecule has 0 N–H and O–H groups in total. The van der Waals surface area contributed by atoms with Crippen molar-refractivity contribution < 1.29 is 27.4 Å². The lowest BCUT2D eigenvalue weighted by atomic mass is 9.76. The van der Waals surface area contributed by atoms with Crippen LogP contribution in [0.2, 0.25) is 0 Å². The Morgan fingerprint density at radius 1 is 1.14 bits per heavy atom. The third kappa shape index (κ3) is 3.06. The summed E-state index contributed by atoms with van der Waals surface area (Å²) in [5.74, 6) is 0.0553. The van der Waals surface area contributed by atoms with Gasteiger partial charge in [0.15, 0.2) is 5.60 Å². The zero-order chi connectivity index (χ0) is 20.2. The number of hydrogen-bond donors (Lipinski definition) is 0. The van der Waals surface area contributed by atoms with E-state index in [9.17, 15) is 18.0 Å². The summed E-state index contributed by atoms with van der Waals surface area (Å²) in [6.45, 7) is 0. The van der Waals surface area contributed by atoms with Crippen LogP contribution in [-0.4, -0.2) is 33.7 Å². The van der Waals surface area contributed by atoms with Crippen molar-refractivity contribution >= 4 is 5.91 Å². The fourth-order valence-electron chi connectivity index (χ4n) is 4.58. The van der Waals surface area contributed by atoms with E-state index in [1.54, 1.807) is 0 Å². The van der Waals surface area contributed by atoms with Gasteiger partial charge in [0.1, 0.15) is 23.8 Å². The van der Waals surface area contributed by atoms with Crippen molar-refractivity contribution in [3.8, 4) is 5.75 Å². The summed E-state index contributed by atoms with van der Waals surface area (Å²) in [5, 5.41) is 0. The van der Waals surface area contributed by atoms with Crippen LogP contribution in [-0.2, 0) is 15.7 Å². The number of alkyl halides is 3. The summed E-state index contributed by atoms with van der Waals surface area (Å²) in [4.78, 5) is 18.3. The number of aromatic nitrogens is 1. The largest absolute Gasteiger partial charge is 0.490 e. The maximum Gasteiger partial charge on any atom is 0.433 e. The highest BCUT2D eigenvalue weighted by molar-refractivity contribution is 5.89. The summed E-state index contributed by atoms with van der Waals surface area (Å²) in [6, 6.07) is 12.2. The maximum absolute atomic E-state index is 13.1. The SMILES string of the molecule is O=C1N2[C@@H](CC[C@H]2c2ccccc2)OC12CC(Oc1ccnc(C(F)(F)F)c1)C2. The number of amides is 1. The topological polar surface area (TPSA) is 51.7 Å². The van der Waals surface area contributed by atoms with Crippen LogP contribution >= 0.6 is 0 Å². The number of carbonyl (C=O) groups is 1. The van der Waals surface area contributed by atoms with E-state index in [0.29, 0.717) is 12.8 Å². The minimum absolute atomic E-state index is 0.00239. The van der Waals surface area contributed by atoms with Gasteiger partial charge in [0, 0.05) is 25.1 Å². The standard InChI is InChI=1S/C21H19F3N2O3/c22-21(23,24)17-10-14(8-9-25-17)28-15-11-20(12-15)19(27)26-16(6-7-18(26)29-20)13-4-2-1-3-5-13/h1-5,8-10,15-16,18H,6-7,11-12H2/t15?,16-,18+,20?/m0/s1. The molecule has 1 aromatic heterocycles. The third-order valence-corrected chi connectivity index (χ3v) is 5.94. The summed E-state index contributed by atoms with van der Waals surface area (Å²) >= 11 is 0. The van der Waals surface area contributed by atoms with Crippen LogP contribution in [0.5, 0.6) is 5.75 Å². The second-order valence-electron chi connectivity index (χ2n) is 7.81. The molecular weight excluding hydrogens is 385 g/mol. The molecule has 0 bridgehead atoms. The van der Waals surface area contributed by atoms with Crippen LogP contribution in [0.3, 0.4) is 0 Å². The van der Waals surface area contributed by atoms with Crippen molar-refractivity contribution in [2.75, 3.05) is 0 Å². The first-order valence-corrected chi connectivity index (χ1v) is 9.61. The molecule has 3 aliphatic rings. The first kappa shape index (κ1) is 18.4. The molecule has 1 amide bonds. The average molecular weight is 404 g/mol. The lowest BCUT2D eigenvalue weighted by molar-refractivity contribution is -0.162. The van der Waals surface area contributed by atoms with E-state index < -0.39 is 17.5 Å². The van der Waals surface area contributed by atoms with E-state index in [2.05, 4.69) is 4.98 Å². The average Bonchev–Trinajstić information content (AvgIpc) is 3.20. The summed E-state index contributed by atoms with van der Waals surface area (Å²) in [6.07, 6.45) is -1.75. The van der Waals surface area contributed by atoms with Gasteiger partial charge in [-0.3, -0.25) is 9.78 Å². The van der Waals surface area contributed by atoms with E-state index in [4.69, 9.17) is 9.47 Å². The van der Waals surface area contributed by atoms with Crippen molar-refractivity contribution in [2.45, 2.75) is 55.8 Å². The lowest BCUT2D eigenvalue weighted by Gasteiger charge is -2.42. The molecule has 29 heavy (non-hydrogen) atoms. The molecule has 1 aromatic carbocycles. The van der Waals surface area contributed by atoms with Gasteiger partial charge in [-0.05, 0) is 24.5 Å². The van der Waals surface area contributed by atoms with Crippen LogP contribution in [0.25, 0.3) is 0 Å². The monoisotopic (exact) mass is 404 g/mol. The van der Waals surface area contributed by atoms with Crippen molar-refractivity contribution in [1.29, 1.82) is 0 Å². The Balaban J connectivity index is 1.27. The van der Waals surface area contributed by atoms with Crippen LogP contribution in [0.1, 0.15) is 43.0 Å². The fraction of sp³-hybridized carbons (Fsp3) is 0.429. The van der Waals surface area contributed by atoms with Crippen LogP contribution in [0.4, 0.5) is 13.2 Å². The van der Waals surface area contributed by atoms with E-state index in [0.717, 1.165) is 30.7 Å². The molecule has 5 rings (SSSR count). The minimum Gasteiger partial charge on any atom is -0.490 e. The number of hydrogen-bond acceptors (Lipinski definition) is 4. The van der Waals surface area contributed by atoms with Crippen molar-refractivity contribution in [2.24, 2.45) is 0 Å². The van der Waals surface area contributed by atoms with Gasteiger partial charge in [0.25, 0.3) is 5.91 Å². The number of fused-ring (bicyclic) bond motifs is 1. The van der Waals surface area contributed by atoms with Gasteiger partial charge in [-0.25, -0.2) is 0 Å². The smallest absolute Gasteiger partial charge is 0.433 e. The van der Waals surface area contributed by atoms with Gasteiger partial charge in [-0.2, -0.15) is 13.2 Å². The molecule has 2 aliphatic heterocycles. The molecule has 1 spiro atoms. The molecule has 8 heteroatoms. The van der Waals surface area contributed by atoms with E-state index in [-0.39, 0.29) is 30.0 Å². The highest BCUT2D eigenvalue weighted by Gasteiger charge is 2.63. The predicted octanol–water partition coefficient (Wildman–Crippen LogP) is 4.10. The Bertz CT molecular complexity index is 928. The summed E-state index contributed by atoms with van der Waals surface area (Å²) in [5.41, 5.74) is -0.820. The van der Waals surface area contributed by atoms with Crippen LogP contribution in [0.15, 0.2) is 48.7 Å². The third-order valence-electron chi connectivity index (χ3n) is 5.94. The van der Waals surface area contributed by atoms with Crippen molar-refractivity contribution in [3.63, 3.8) is 0 Å². The fourth-order valence-corrected chi connectivity index (χ4v) is 4.58. The van der Waals surface area contributed by atoms with Crippen LogP contribution in [0, 0.1) is 0 Å². The molecular formula is C21H19F3N2O3. The molecule has 0 radical (unpaired) electrons. The molecule has 2 saturated heterocycles. The minimum atomic E-state index is -4.53. The summed E-state index contributed by atoms with van der Waals surface area (Å²) in [7, 11) is 0. The van der Waals surface area contributed by atoms with E-state index in [1.165, 1.54) is 6.07 Å². The second-order valence-corrected chi connectivity index (χ2v) is 7.81. The molecule has 152 valence electrons. The maximum atomic E-state index is 13.1. The number of benzene rings is 1.